The van der Waals surface area contributed by atoms with Crippen molar-refractivity contribution < 1.29 is 23.5 Å². The van der Waals surface area contributed by atoms with Gasteiger partial charge in [0.15, 0.2) is 6.10 Å². The summed E-state index contributed by atoms with van der Waals surface area (Å²) in [7, 11) is 1.60. The van der Waals surface area contributed by atoms with E-state index in [9.17, 15) is 9.59 Å². The molecule has 27 heavy (non-hydrogen) atoms. The molecule has 1 fully saturated rings. The third-order valence-corrected chi connectivity index (χ3v) is 4.64. The standard InChI is InChI=1S/C20H24N2O5/c1-14(27-18-5-3-17(25-2)4-6-18)19(23)21-16-7-10-22(11-8-16)20(24)15-9-12-26-13-15/h3-6,9,12-14,16H,7-8,10-11H2,1-2H3,(H,21,23)/t14-/m1/s1. The fourth-order valence-corrected chi connectivity index (χ4v) is 3.03. The largest absolute Gasteiger partial charge is 0.497 e. The van der Waals surface area contributed by atoms with Crippen LogP contribution in [0.5, 0.6) is 11.5 Å². The van der Waals surface area contributed by atoms with Gasteiger partial charge in [-0.1, -0.05) is 0 Å². The van der Waals surface area contributed by atoms with E-state index in [1.165, 1.54) is 12.5 Å². The first-order valence-corrected chi connectivity index (χ1v) is 8.99. The van der Waals surface area contributed by atoms with Crippen LogP contribution in [0.25, 0.3) is 0 Å². The normalized spacial score (nSPS) is 15.9. The maximum Gasteiger partial charge on any atom is 0.260 e. The van der Waals surface area contributed by atoms with Crippen LogP contribution < -0.4 is 14.8 Å². The number of piperidine rings is 1. The zero-order chi connectivity index (χ0) is 19.2. The average molecular weight is 372 g/mol. The van der Waals surface area contributed by atoms with Crippen LogP contribution in [-0.2, 0) is 4.79 Å². The Bertz CT molecular complexity index is 749. The van der Waals surface area contributed by atoms with Crippen molar-refractivity contribution in [3.8, 4) is 11.5 Å². The molecule has 7 nitrogen and oxygen atoms in total. The lowest BCUT2D eigenvalue weighted by Crippen LogP contribution is -2.49. The number of nitrogens with zero attached hydrogens (tertiary/aromatic N) is 1. The van der Waals surface area contributed by atoms with E-state index in [1.807, 2.05) is 0 Å². The number of methoxy groups -OCH3 is 1. The highest BCUT2D eigenvalue weighted by atomic mass is 16.5. The third kappa shape index (κ3) is 4.81. The molecule has 1 saturated heterocycles. The van der Waals surface area contributed by atoms with Gasteiger partial charge in [0.1, 0.15) is 17.8 Å². The first-order valence-electron chi connectivity index (χ1n) is 8.99. The molecular formula is C20H24N2O5. The molecule has 1 aliphatic rings. The lowest BCUT2D eigenvalue weighted by molar-refractivity contribution is -0.128. The van der Waals surface area contributed by atoms with Gasteiger partial charge < -0.3 is 24.1 Å². The molecule has 1 aromatic carbocycles. The van der Waals surface area contributed by atoms with E-state index in [0.717, 1.165) is 5.75 Å². The molecule has 0 spiro atoms. The van der Waals surface area contributed by atoms with E-state index >= 15 is 0 Å². The summed E-state index contributed by atoms with van der Waals surface area (Å²) >= 11 is 0. The van der Waals surface area contributed by atoms with E-state index in [0.29, 0.717) is 37.2 Å². The number of hydrogen-bond acceptors (Lipinski definition) is 5. The minimum atomic E-state index is -0.607. The molecule has 2 amide bonds. The van der Waals surface area contributed by atoms with Gasteiger partial charge in [-0.2, -0.15) is 0 Å². The molecule has 0 bridgehead atoms. The zero-order valence-electron chi connectivity index (χ0n) is 15.5. The quantitative estimate of drug-likeness (QED) is 0.843. The molecule has 0 aliphatic carbocycles. The summed E-state index contributed by atoms with van der Waals surface area (Å²) in [4.78, 5) is 26.5. The molecule has 1 N–H and O–H groups in total. The second kappa shape index (κ2) is 8.62. The Kier molecular flexibility index (Phi) is 6.01. The summed E-state index contributed by atoms with van der Waals surface area (Å²) in [5, 5.41) is 3.01. The van der Waals surface area contributed by atoms with Crippen LogP contribution in [0, 0.1) is 0 Å². The fraction of sp³-hybridized carbons (Fsp3) is 0.400. The Morgan fingerprint density at radius 2 is 1.81 bits per heavy atom. The van der Waals surface area contributed by atoms with Crippen molar-refractivity contribution in [3.05, 3.63) is 48.4 Å². The highest BCUT2D eigenvalue weighted by Crippen LogP contribution is 2.19. The third-order valence-electron chi connectivity index (χ3n) is 4.64. The average Bonchev–Trinajstić information content (AvgIpc) is 3.23. The van der Waals surface area contributed by atoms with Gasteiger partial charge in [0.2, 0.25) is 0 Å². The number of nitrogens with one attached hydrogen (secondary N) is 1. The monoisotopic (exact) mass is 372 g/mol. The Morgan fingerprint density at radius 3 is 2.41 bits per heavy atom. The van der Waals surface area contributed by atoms with Crippen molar-refractivity contribution >= 4 is 11.8 Å². The number of likely N-dealkylation sites (tertiary alicyclic amines) is 1. The van der Waals surface area contributed by atoms with Gasteiger partial charge in [-0.05, 0) is 50.1 Å². The van der Waals surface area contributed by atoms with Crippen LogP contribution in [-0.4, -0.2) is 49.1 Å². The Balaban J connectivity index is 1.45. The predicted molar refractivity (Wildman–Crippen MR) is 98.9 cm³/mol. The topological polar surface area (TPSA) is 81.0 Å². The van der Waals surface area contributed by atoms with Crippen LogP contribution in [0.1, 0.15) is 30.1 Å². The number of hydrogen-bond donors (Lipinski definition) is 1. The zero-order valence-corrected chi connectivity index (χ0v) is 15.5. The van der Waals surface area contributed by atoms with E-state index in [4.69, 9.17) is 13.9 Å². The highest BCUT2D eigenvalue weighted by molar-refractivity contribution is 5.93. The Morgan fingerprint density at radius 1 is 1.15 bits per heavy atom. The predicted octanol–water partition coefficient (Wildman–Crippen LogP) is 2.48. The van der Waals surface area contributed by atoms with E-state index < -0.39 is 6.10 Å². The summed E-state index contributed by atoms with van der Waals surface area (Å²) in [6.45, 7) is 2.92. The van der Waals surface area contributed by atoms with E-state index in [-0.39, 0.29) is 17.9 Å². The molecule has 0 radical (unpaired) electrons. The summed E-state index contributed by atoms with van der Waals surface area (Å²) in [5.41, 5.74) is 0.555. The smallest absolute Gasteiger partial charge is 0.260 e. The molecule has 0 saturated carbocycles. The maximum absolute atomic E-state index is 12.4. The lowest BCUT2D eigenvalue weighted by Gasteiger charge is -2.32. The number of rotatable bonds is 6. The highest BCUT2D eigenvalue weighted by Gasteiger charge is 2.26. The number of ether oxygens (including phenoxy) is 2. The van der Waals surface area contributed by atoms with Crippen LogP contribution in [0.3, 0.4) is 0 Å². The molecule has 1 aliphatic heterocycles. The van der Waals surface area contributed by atoms with Crippen molar-refractivity contribution in [1.29, 1.82) is 0 Å². The molecular weight excluding hydrogens is 348 g/mol. The number of carbonyl (C=O) groups excluding carboxylic acids is 2. The summed E-state index contributed by atoms with van der Waals surface area (Å²) < 4.78 is 15.7. The molecule has 0 unspecified atom stereocenters. The van der Waals surface area contributed by atoms with Crippen LogP contribution in [0.2, 0.25) is 0 Å². The molecule has 3 rings (SSSR count). The summed E-state index contributed by atoms with van der Waals surface area (Å²) in [5.74, 6) is 1.14. The van der Waals surface area contributed by atoms with Gasteiger partial charge >= 0.3 is 0 Å². The minimum absolute atomic E-state index is 0.0350. The van der Waals surface area contributed by atoms with Crippen molar-refractivity contribution in [2.75, 3.05) is 20.2 Å². The Labute approximate surface area is 158 Å². The number of amides is 2. The van der Waals surface area contributed by atoms with Crippen LogP contribution in [0.15, 0.2) is 47.3 Å². The minimum Gasteiger partial charge on any atom is -0.497 e. The molecule has 2 heterocycles. The van der Waals surface area contributed by atoms with Gasteiger partial charge in [0.05, 0.1) is 18.9 Å². The van der Waals surface area contributed by atoms with Crippen molar-refractivity contribution in [2.45, 2.75) is 31.9 Å². The SMILES string of the molecule is COc1ccc(O[C@H](C)C(=O)NC2CCN(C(=O)c3ccoc3)CC2)cc1. The number of benzene rings is 1. The summed E-state index contributed by atoms with van der Waals surface area (Å²) in [6, 6.07) is 8.80. The van der Waals surface area contributed by atoms with E-state index in [2.05, 4.69) is 5.32 Å². The number of carbonyl (C=O) groups is 2. The first kappa shape index (κ1) is 18.8. The summed E-state index contributed by atoms with van der Waals surface area (Å²) in [6.07, 6.45) is 3.76. The maximum atomic E-state index is 12.4. The van der Waals surface area contributed by atoms with Crippen molar-refractivity contribution in [2.24, 2.45) is 0 Å². The molecule has 1 atom stereocenters. The number of furan rings is 1. The molecule has 7 heteroatoms. The fourth-order valence-electron chi connectivity index (χ4n) is 3.03. The van der Waals surface area contributed by atoms with Crippen LogP contribution in [0.4, 0.5) is 0 Å². The van der Waals surface area contributed by atoms with Gasteiger partial charge in [0, 0.05) is 19.1 Å². The van der Waals surface area contributed by atoms with E-state index in [1.54, 1.807) is 49.3 Å². The van der Waals surface area contributed by atoms with Crippen molar-refractivity contribution in [3.63, 3.8) is 0 Å². The molecule has 144 valence electrons. The Hall–Kier alpha value is -2.96. The van der Waals surface area contributed by atoms with Crippen molar-refractivity contribution in [1.82, 2.24) is 10.2 Å². The van der Waals surface area contributed by atoms with Gasteiger partial charge in [-0.3, -0.25) is 9.59 Å². The van der Waals surface area contributed by atoms with Gasteiger partial charge in [-0.25, -0.2) is 0 Å². The van der Waals surface area contributed by atoms with Crippen LogP contribution >= 0.6 is 0 Å². The lowest BCUT2D eigenvalue weighted by atomic mass is 10.0. The molecule has 1 aromatic heterocycles. The van der Waals surface area contributed by atoms with Gasteiger partial charge in [0.25, 0.3) is 11.8 Å². The second-order valence-electron chi connectivity index (χ2n) is 6.52. The molecule has 2 aromatic rings. The first-order chi connectivity index (χ1) is 13.1. The van der Waals surface area contributed by atoms with Gasteiger partial charge in [-0.15, -0.1) is 0 Å². The second-order valence-corrected chi connectivity index (χ2v) is 6.52.